The van der Waals surface area contributed by atoms with Gasteiger partial charge in [0.15, 0.2) is 0 Å². The van der Waals surface area contributed by atoms with E-state index in [4.69, 9.17) is 5.73 Å². The number of hydrogen-bond donors (Lipinski definition) is 11. The molecule has 12 N–H and O–H groups in total. The molecule has 5 rings (SSSR count). The van der Waals surface area contributed by atoms with Crippen LogP contribution < -0.4 is 37.6 Å². The van der Waals surface area contributed by atoms with Gasteiger partial charge in [0.2, 0.25) is 53.2 Å². The summed E-state index contributed by atoms with van der Waals surface area (Å²) in [5.41, 5.74) is 7.62. The molecule has 0 bridgehead atoms. The number of aliphatic hydroxyl groups is 2. The van der Waals surface area contributed by atoms with E-state index in [0.717, 1.165) is 0 Å². The Bertz CT molecular complexity index is 2430. The summed E-state index contributed by atoms with van der Waals surface area (Å²) in [5.74, 6) is -8.26. The lowest BCUT2D eigenvalue weighted by Gasteiger charge is -2.32. The van der Waals surface area contributed by atoms with Gasteiger partial charge in [0.25, 0.3) is 0 Å². The molecule has 10 atom stereocenters. The molecule has 3 fully saturated rings. The van der Waals surface area contributed by atoms with Crippen molar-refractivity contribution in [1.82, 2.24) is 46.6 Å². The molecule has 0 radical (unpaired) electrons. The average Bonchev–Trinajstić information content (AvgIpc) is 4.21. The van der Waals surface area contributed by atoms with Gasteiger partial charge in [-0.2, -0.15) is 0 Å². The Morgan fingerprint density at radius 3 is 1.49 bits per heavy atom. The Morgan fingerprint density at radius 2 is 1.00 bits per heavy atom. The number of likely N-dealkylation sites (tertiary alicyclic amines) is 3. The lowest BCUT2D eigenvalue weighted by atomic mass is 9.99. The molecule has 77 heavy (non-hydrogen) atoms. The fraction of sp³-hybridized carbons (Fsp3) is 0.585. The molecule has 2 aromatic carbocycles. The highest BCUT2D eigenvalue weighted by atomic mass is 16.4. The first-order valence-corrected chi connectivity index (χ1v) is 26.3. The Hall–Kier alpha value is -7.18. The first kappa shape index (κ1) is 60.7. The maximum absolute atomic E-state index is 14.5. The molecule has 0 spiro atoms. The van der Waals surface area contributed by atoms with Crippen molar-refractivity contribution >= 4 is 59.1 Å². The van der Waals surface area contributed by atoms with Crippen LogP contribution in [-0.2, 0) is 60.8 Å². The highest BCUT2D eigenvalue weighted by molar-refractivity contribution is 5.99. The van der Waals surface area contributed by atoms with Gasteiger partial charge in [-0.25, -0.2) is 4.79 Å². The Balaban J connectivity index is 1.20. The topological polar surface area (TPSA) is 360 Å². The van der Waals surface area contributed by atoms with Crippen molar-refractivity contribution in [1.29, 1.82) is 0 Å². The smallest absolute Gasteiger partial charge is 0.326 e. The van der Waals surface area contributed by atoms with Crippen LogP contribution in [0.4, 0.5) is 0 Å². The number of aromatic hydroxyl groups is 1. The number of amides is 9. The van der Waals surface area contributed by atoms with Crippen LogP contribution in [0.2, 0.25) is 0 Å². The van der Waals surface area contributed by atoms with Gasteiger partial charge in [-0.1, -0.05) is 70.2 Å². The molecule has 9 amide bonds. The molecule has 422 valence electrons. The fourth-order valence-electron chi connectivity index (χ4n) is 9.89. The second-order valence-electron chi connectivity index (χ2n) is 20.8. The SMILES string of the molecule is CC(C)C[C@H](NC(=O)[C@@H](N)Cc1ccc(O)cc1)C(=O)N[C@@H](Cc1ccccc1)C(=O)N1CCC[C@H]1C(=O)N[C@@H](CO)C(=O)N[C@@H](C)C(=O)N1CCC[C@H]1C(=O)N[C@@H](CO)C(=O)N1CCC[C@H]1C(=O)N[C@H](C(=O)O)C(C)C. The van der Waals surface area contributed by atoms with Crippen LogP contribution in [0.25, 0.3) is 0 Å². The highest BCUT2D eigenvalue weighted by Crippen LogP contribution is 2.24. The minimum atomic E-state index is -1.60. The second kappa shape index (κ2) is 28.3. The molecule has 0 aliphatic carbocycles. The van der Waals surface area contributed by atoms with Gasteiger partial charge < -0.3 is 72.8 Å². The van der Waals surface area contributed by atoms with Gasteiger partial charge in [-0.3, -0.25) is 43.2 Å². The van der Waals surface area contributed by atoms with E-state index in [1.165, 1.54) is 33.8 Å². The van der Waals surface area contributed by atoms with Crippen LogP contribution in [0, 0.1) is 11.8 Å². The lowest BCUT2D eigenvalue weighted by molar-refractivity contribution is -0.146. The number of hydrogen-bond acceptors (Lipinski definition) is 14. The third-order valence-corrected chi connectivity index (χ3v) is 14.1. The van der Waals surface area contributed by atoms with E-state index in [1.54, 1.807) is 56.3 Å². The normalized spacial score (nSPS) is 20.0. The van der Waals surface area contributed by atoms with Crippen LogP contribution >= 0.6 is 0 Å². The van der Waals surface area contributed by atoms with E-state index >= 15 is 0 Å². The summed E-state index contributed by atoms with van der Waals surface area (Å²) < 4.78 is 0. The minimum absolute atomic E-state index is 0.0158. The van der Waals surface area contributed by atoms with Crippen molar-refractivity contribution in [2.45, 2.75) is 153 Å². The molecule has 3 heterocycles. The number of rotatable bonds is 25. The number of phenolic OH excluding ortho intramolecular Hbond substituents is 1. The molecule has 2 aromatic rings. The number of carbonyl (C=O) groups excluding carboxylic acids is 9. The molecular formula is C53H76N10O14. The number of carbonyl (C=O) groups is 10. The second-order valence-corrected chi connectivity index (χ2v) is 20.8. The Labute approximate surface area is 447 Å². The number of benzene rings is 2. The predicted octanol–water partition coefficient (Wildman–Crippen LogP) is -1.82. The van der Waals surface area contributed by atoms with Crippen molar-refractivity contribution in [3.8, 4) is 5.75 Å². The van der Waals surface area contributed by atoms with Gasteiger partial charge in [0.05, 0.1) is 19.3 Å². The zero-order valence-corrected chi connectivity index (χ0v) is 44.3. The maximum atomic E-state index is 14.5. The van der Waals surface area contributed by atoms with E-state index in [-0.39, 0.29) is 69.8 Å². The first-order valence-electron chi connectivity index (χ1n) is 26.3. The summed E-state index contributed by atoms with van der Waals surface area (Å²) in [4.78, 5) is 139. The number of carboxylic acids is 1. The molecule has 0 saturated carbocycles. The van der Waals surface area contributed by atoms with Gasteiger partial charge in [0.1, 0.15) is 60.1 Å². The van der Waals surface area contributed by atoms with Gasteiger partial charge in [-0.05, 0) is 93.4 Å². The van der Waals surface area contributed by atoms with E-state index in [9.17, 15) is 68.4 Å². The molecule has 24 heteroatoms. The number of aliphatic hydroxyl groups excluding tert-OH is 2. The summed E-state index contributed by atoms with van der Waals surface area (Å²) in [6, 6.07) is 2.79. The van der Waals surface area contributed by atoms with Crippen LogP contribution in [0.15, 0.2) is 54.6 Å². The van der Waals surface area contributed by atoms with Crippen LogP contribution in [0.3, 0.4) is 0 Å². The zero-order chi connectivity index (χ0) is 56.7. The van der Waals surface area contributed by atoms with Crippen LogP contribution in [0.5, 0.6) is 5.75 Å². The van der Waals surface area contributed by atoms with Crippen molar-refractivity contribution in [2.24, 2.45) is 17.6 Å². The molecule has 0 unspecified atom stereocenters. The maximum Gasteiger partial charge on any atom is 0.326 e. The van der Waals surface area contributed by atoms with E-state index in [2.05, 4.69) is 31.9 Å². The third-order valence-electron chi connectivity index (χ3n) is 14.1. The van der Waals surface area contributed by atoms with Crippen molar-refractivity contribution in [3.63, 3.8) is 0 Å². The lowest BCUT2D eigenvalue weighted by Crippen LogP contribution is -2.60. The van der Waals surface area contributed by atoms with Gasteiger partial charge >= 0.3 is 5.97 Å². The summed E-state index contributed by atoms with van der Waals surface area (Å²) in [6.07, 6.45) is 2.05. The van der Waals surface area contributed by atoms with E-state index < -0.39 is 139 Å². The summed E-state index contributed by atoms with van der Waals surface area (Å²) in [7, 11) is 0. The summed E-state index contributed by atoms with van der Waals surface area (Å²) >= 11 is 0. The number of carboxylic acid groups (broad SMARTS) is 1. The molecule has 3 aliphatic rings. The van der Waals surface area contributed by atoms with Crippen LogP contribution in [0.1, 0.15) is 90.7 Å². The third kappa shape index (κ3) is 16.4. The standard InChI is InChI=1S/C53H76N10O14/c1-29(2)24-36(56-44(67)35(54)25-33-17-19-34(66)20-18-33)45(68)57-37(26-32-12-7-6-8-13-32)51(74)62-22-10-15-41(62)47(70)58-38(27-64)46(69)55-31(5)50(73)61-21-9-14-40(61)48(71)59-39(28-65)52(75)63-23-11-16-42(63)49(72)60-43(30(3)4)53(76)77/h6-8,12-13,17-20,29-31,35-43,64-66H,9-11,14-16,21-28,54H2,1-5H3,(H,55,69)(H,56,67)(H,57,68)(H,58,70)(H,59,71)(H,60,72)(H,76,77)/t31-,35-,36-,37-,38-,39-,40-,41-,42-,43-/m0/s1. The first-order chi connectivity index (χ1) is 36.5. The highest BCUT2D eigenvalue weighted by Gasteiger charge is 2.43. The molecule has 3 aliphatic heterocycles. The molecule has 0 aromatic heterocycles. The quantitative estimate of drug-likeness (QED) is 0.0522. The zero-order valence-electron chi connectivity index (χ0n) is 44.3. The van der Waals surface area contributed by atoms with Crippen molar-refractivity contribution in [3.05, 3.63) is 65.7 Å². The monoisotopic (exact) mass is 1080 g/mol. The number of aliphatic carboxylic acids is 1. The average molecular weight is 1080 g/mol. The Morgan fingerprint density at radius 1 is 0.545 bits per heavy atom. The van der Waals surface area contributed by atoms with E-state index in [0.29, 0.717) is 30.4 Å². The largest absolute Gasteiger partial charge is 0.508 e. The number of nitrogens with one attached hydrogen (secondary N) is 6. The number of nitrogens with two attached hydrogens (primary N) is 1. The number of nitrogens with zero attached hydrogens (tertiary/aromatic N) is 3. The van der Waals surface area contributed by atoms with Crippen molar-refractivity contribution in [2.75, 3.05) is 32.8 Å². The van der Waals surface area contributed by atoms with Crippen molar-refractivity contribution < 1.29 is 68.4 Å². The minimum Gasteiger partial charge on any atom is -0.508 e. The predicted molar refractivity (Wildman–Crippen MR) is 277 cm³/mol. The van der Waals surface area contributed by atoms with Crippen LogP contribution in [-0.4, -0.2) is 188 Å². The number of phenols is 1. The molecule has 24 nitrogen and oxygen atoms in total. The fourth-order valence-corrected chi connectivity index (χ4v) is 9.89. The summed E-state index contributed by atoms with van der Waals surface area (Å²) in [6.45, 7) is 6.87. The van der Waals surface area contributed by atoms with Gasteiger partial charge in [-0.15, -0.1) is 0 Å². The molecular weight excluding hydrogens is 1000 g/mol. The van der Waals surface area contributed by atoms with Gasteiger partial charge in [0, 0.05) is 26.1 Å². The summed E-state index contributed by atoms with van der Waals surface area (Å²) in [5, 5.41) is 55.3. The Kier molecular flexibility index (Phi) is 22.3. The molecule has 3 saturated heterocycles. The van der Waals surface area contributed by atoms with E-state index in [1.807, 2.05) is 13.8 Å².